The second kappa shape index (κ2) is 6.83. The molecule has 0 fully saturated rings. The van der Waals surface area contributed by atoms with E-state index in [0.717, 1.165) is 12.0 Å². The maximum Gasteiger partial charge on any atom is 0.269 e. The highest BCUT2D eigenvalue weighted by molar-refractivity contribution is 7.12. The van der Waals surface area contributed by atoms with E-state index < -0.39 is 0 Å². The summed E-state index contributed by atoms with van der Waals surface area (Å²) < 4.78 is 0. The molecular weight excluding hydrogens is 284 g/mol. The van der Waals surface area contributed by atoms with E-state index >= 15 is 0 Å². The Labute approximate surface area is 129 Å². The lowest BCUT2D eigenvalue weighted by Gasteiger charge is -2.19. The highest BCUT2D eigenvalue weighted by Crippen LogP contribution is 2.27. The van der Waals surface area contributed by atoms with Gasteiger partial charge in [-0.2, -0.15) is 0 Å². The van der Waals surface area contributed by atoms with Gasteiger partial charge in [-0.3, -0.25) is 10.1 Å². The summed E-state index contributed by atoms with van der Waals surface area (Å²) in [5.74, 6) is 0. The van der Waals surface area contributed by atoms with Crippen molar-refractivity contribution in [3.05, 3.63) is 61.8 Å². The first kappa shape index (κ1) is 15.7. The van der Waals surface area contributed by atoms with E-state index in [1.807, 2.05) is 24.3 Å². The highest BCUT2D eigenvalue weighted by Gasteiger charge is 2.15. The molecule has 0 aliphatic heterocycles. The Bertz CT molecular complexity index is 624. The van der Waals surface area contributed by atoms with E-state index in [4.69, 9.17) is 0 Å². The molecule has 112 valence electrons. The molecule has 0 saturated carbocycles. The van der Waals surface area contributed by atoms with Crippen molar-refractivity contribution in [1.82, 2.24) is 5.32 Å². The number of rotatable bonds is 6. The zero-order chi connectivity index (χ0) is 15.4. The largest absolute Gasteiger partial charge is 0.303 e. The molecule has 0 amide bonds. The van der Waals surface area contributed by atoms with Crippen molar-refractivity contribution in [1.29, 1.82) is 0 Å². The summed E-state index contributed by atoms with van der Waals surface area (Å²) in [6, 6.07) is 11.4. The maximum atomic E-state index is 10.8. The molecule has 2 atom stereocenters. The van der Waals surface area contributed by atoms with Crippen molar-refractivity contribution >= 4 is 17.0 Å². The summed E-state index contributed by atoms with van der Waals surface area (Å²) in [4.78, 5) is 13.2. The molecule has 0 spiro atoms. The van der Waals surface area contributed by atoms with Gasteiger partial charge in [-0.15, -0.1) is 11.3 Å². The maximum absolute atomic E-state index is 10.8. The van der Waals surface area contributed by atoms with Crippen LogP contribution in [0.3, 0.4) is 0 Å². The smallest absolute Gasteiger partial charge is 0.269 e. The van der Waals surface area contributed by atoms with Crippen molar-refractivity contribution in [2.75, 3.05) is 0 Å². The minimum atomic E-state index is -0.355. The third kappa shape index (κ3) is 3.89. The summed E-state index contributed by atoms with van der Waals surface area (Å²) in [6.45, 7) is 6.31. The fraction of sp³-hybridized carbons (Fsp3) is 0.375. The van der Waals surface area contributed by atoms with E-state index in [-0.39, 0.29) is 22.7 Å². The summed E-state index contributed by atoms with van der Waals surface area (Å²) in [6.07, 6.45) is 1.05. The van der Waals surface area contributed by atoms with Crippen molar-refractivity contribution in [3.63, 3.8) is 0 Å². The molecule has 1 aromatic carbocycles. The van der Waals surface area contributed by atoms with Crippen LogP contribution in [0, 0.1) is 10.1 Å². The Morgan fingerprint density at radius 1 is 1.24 bits per heavy atom. The van der Waals surface area contributed by atoms with Gasteiger partial charge in [0, 0.05) is 34.0 Å². The Morgan fingerprint density at radius 2 is 2.00 bits per heavy atom. The van der Waals surface area contributed by atoms with E-state index in [2.05, 4.69) is 31.3 Å². The molecule has 0 bridgehead atoms. The predicted molar refractivity (Wildman–Crippen MR) is 86.8 cm³/mol. The summed E-state index contributed by atoms with van der Waals surface area (Å²) in [5.41, 5.74) is 1.07. The van der Waals surface area contributed by atoms with Crippen LogP contribution < -0.4 is 5.32 Å². The van der Waals surface area contributed by atoms with Crippen LogP contribution in [0.4, 0.5) is 5.69 Å². The summed E-state index contributed by atoms with van der Waals surface area (Å²) in [5, 5.41) is 14.3. The fourth-order valence-corrected chi connectivity index (χ4v) is 3.24. The number of nitrogens with one attached hydrogen (secondary N) is 1. The van der Waals surface area contributed by atoms with E-state index in [9.17, 15) is 10.1 Å². The Hall–Kier alpha value is -1.72. The number of aryl methyl sites for hydroxylation is 1. The van der Waals surface area contributed by atoms with Gasteiger partial charge in [0.1, 0.15) is 0 Å². The molecule has 2 aromatic rings. The van der Waals surface area contributed by atoms with Gasteiger partial charge in [-0.1, -0.05) is 19.1 Å². The number of hydrogen-bond acceptors (Lipinski definition) is 4. The summed E-state index contributed by atoms with van der Waals surface area (Å²) in [7, 11) is 0. The van der Waals surface area contributed by atoms with Crippen LogP contribution in [0.25, 0.3) is 0 Å². The quantitative estimate of drug-likeness (QED) is 0.625. The topological polar surface area (TPSA) is 55.2 Å². The number of non-ortho nitro benzene ring substituents is 1. The predicted octanol–water partition coefficient (Wildman–Crippen LogP) is 4.63. The molecule has 2 rings (SSSR count). The van der Waals surface area contributed by atoms with Gasteiger partial charge in [0.05, 0.1) is 4.92 Å². The third-order valence-electron chi connectivity index (χ3n) is 3.54. The fourth-order valence-electron chi connectivity index (χ4n) is 2.28. The molecule has 21 heavy (non-hydrogen) atoms. The van der Waals surface area contributed by atoms with Crippen LogP contribution in [0.15, 0.2) is 36.4 Å². The molecule has 0 radical (unpaired) electrons. The monoisotopic (exact) mass is 304 g/mol. The molecule has 1 heterocycles. The van der Waals surface area contributed by atoms with Gasteiger partial charge < -0.3 is 5.32 Å². The zero-order valence-corrected chi connectivity index (χ0v) is 13.3. The lowest BCUT2D eigenvalue weighted by atomic mass is 10.1. The van der Waals surface area contributed by atoms with Crippen molar-refractivity contribution in [2.45, 2.75) is 39.3 Å². The van der Waals surface area contributed by atoms with Gasteiger partial charge >= 0.3 is 0 Å². The van der Waals surface area contributed by atoms with Crippen molar-refractivity contribution in [3.8, 4) is 0 Å². The highest BCUT2D eigenvalue weighted by atomic mass is 32.1. The normalized spacial score (nSPS) is 13.9. The number of hydrogen-bond donors (Lipinski definition) is 1. The standard InChI is InChI=1S/C16H20N2O2S/c1-4-15-8-9-16(21-15)12(3)17-11(2)13-6-5-7-14(10-13)18(19)20/h5-12,17H,4H2,1-3H3. The zero-order valence-electron chi connectivity index (χ0n) is 12.5. The van der Waals surface area contributed by atoms with Crippen LogP contribution in [-0.4, -0.2) is 4.92 Å². The van der Waals surface area contributed by atoms with Crippen LogP contribution in [0.2, 0.25) is 0 Å². The molecule has 0 saturated heterocycles. The molecule has 2 unspecified atom stereocenters. The number of thiophene rings is 1. The van der Waals surface area contributed by atoms with Gasteiger partial charge in [0.2, 0.25) is 0 Å². The van der Waals surface area contributed by atoms with Crippen LogP contribution in [-0.2, 0) is 6.42 Å². The SMILES string of the molecule is CCc1ccc(C(C)NC(C)c2cccc([N+](=O)[O-])c2)s1. The van der Waals surface area contributed by atoms with E-state index in [1.165, 1.54) is 15.8 Å². The van der Waals surface area contributed by atoms with Gasteiger partial charge in [-0.25, -0.2) is 0 Å². The van der Waals surface area contributed by atoms with Gasteiger partial charge in [-0.05, 0) is 38.0 Å². The third-order valence-corrected chi connectivity index (χ3v) is 4.95. The molecular formula is C16H20N2O2S. The molecule has 1 N–H and O–H groups in total. The average Bonchev–Trinajstić information content (AvgIpc) is 2.96. The van der Waals surface area contributed by atoms with E-state index in [1.54, 1.807) is 12.1 Å². The van der Waals surface area contributed by atoms with E-state index in [0.29, 0.717) is 0 Å². The molecule has 0 aliphatic rings. The first-order valence-electron chi connectivity index (χ1n) is 7.10. The number of benzene rings is 1. The Morgan fingerprint density at radius 3 is 2.62 bits per heavy atom. The first-order chi connectivity index (χ1) is 10.0. The minimum Gasteiger partial charge on any atom is -0.303 e. The van der Waals surface area contributed by atoms with Gasteiger partial charge in [0.25, 0.3) is 5.69 Å². The molecule has 5 heteroatoms. The average molecular weight is 304 g/mol. The van der Waals surface area contributed by atoms with Crippen LogP contribution in [0.5, 0.6) is 0 Å². The van der Waals surface area contributed by atoms with Crippen LogP contribution in [0.1, 0.15) is 48.2 Å². The van der Waals surface area contributed by atoms with Crippen molar-refractivity contribution in [2.24, 2.45) is 0 Å². The summed E-state index contributed by atoms with van der Waals surface area (Å²) >= 11 is 1.82. The first-order valence-corrected chi connectivity index (χ1v) is 7.92. The lowest BCUT2D eigenvalue weighted by molar-refractivity contribution is -0.384. The lowest BCUT2D eigenvalue weighted by Crippen LogP contribution is -2.21. The Kier molecular flexibility index (Phi) is 5.09. The minimum absolute atomic E-state index is 0.0621. The number of nitrogens with zero attached hydrogens (tertiary/aromatic N) is 1. The number of nitro benzene ring substituents is 1. The second-order valence-corrected chi connectivity index (χ2v) is 6.32. The molecule has 4 nitrogen and oxygen atoms in total. The molecule has 0 aliphatic carbocycles. The molecule has 1 aromatic heterocycles. The van der Waals surface area contributed by atoms with Gasteiger partial charge in [0.15, 0.2) is 0 Å². The van der Waals surface area contributed by atoms with Crippen LogP contribution >= 0.6 is 11.3 Å². The Balaban J connectivity index is 2.08. The number of nitro groups is 1. The second-order valence-electron chi connectivity index (χ2n) is 5.12. The van der Waals surface area contributed by atoms with Crippen molar-refractivity contribution < 1.29 is 4.92 Å².